The van der Waals surface area contributed by atoms with Crippen LogP contribution in [0, 0.1) is 0 Å². The van der Waals surface area contributed by atoms with Gasteiger partial charge in [0, 0.05) is 16.7 Å². The first-order valence-corrected chi connectivity index (χ1v) is 10.9. The number of nitrogen functional groups attached to an aromatic ring is 1. The molecule has 2 aromatic rings. The van der Waals surface area contributed by atoms with Gasteiger partial charge in [0.15, 0.2) is 0 Å². The largest absolute Gasteiger partial charge is 0.492 e. The lowest BCUT2D eigenvalue weighted by Gasteiger charge is -2.32. The summed E-state index contributed by atoms with van der Waals surface area (Å²) in [6.45, 7) is 8.38. The molecule has 3 N–H and O–H groups in total. The maximum atomic E-state index is 12.3. The number of amides is 1. The number of hydrogen-bond donors (Lipinski definition) is 2. The Bertz CT molecular complexity index is 947. The summed E-state index contributed by atoms with van der Waals surface area (Å²) in [6, 6.07) is 15.2. The van der Waals surface area contributed by atoms with Crippen molar-refractivity contribution >= 4 is 40.9 Å². The van der Waals surface area contributed by atoms with E-state index >= 15 is 0 Å². The van der Waals surface area contributed by atoms with Gasteiger partial charge in [-0.25, -0.2) is 4.79 Å². The van der Waals surface area contributed by atoms with E-state index in [0.717, 1.165) is 21.1 Å². The van der Waals surface area contributed by atoms with E-state index < -0.39 is 24.4 Å². The molecule has 0 aliphatic carbocycles. The van der Waals surface area contributed by atoms with Crippen molar-refractivity contribution in [1.29, 1.82) is 0 Å². The molecule has 0 unspecified atom stereocenters. The highest BCUT2D eigenvalue weighted by molar-refractivity contribution is 9.10. The Hall–Kier alpha value is -2.29. The minimum Gasteiger partial charge on any atom is -0.445 e. The van der Waals surface area contributed by atoms with Crippen LogP contribution in [0.1, 0.15) is 38.8 Å². The molecule has 0 spiro atoms. The number of hydrogen-bond acceptors (Lipinski definition) is 5. The summed E-state index contributed by atoms with van der Waals surface area (Å²) in [5.74, 6) is 0. The third kappa shape index (κ3) is 5.90. The lowest BCUT2D eigenvalue weighted by molar-refractivity contribution is 0.00578. The second-order valence-corrected chi connectivity index (χ2v) is 9.36. The molecular weight excluding hydrogens is 459 g/mol. The zero-order chi connectivity index (χ0) is 22.6. The van der Waals surface area contributed by atoms with Crippen LogP contribution in [0.15, 0.2) is 58.5 Å². The molecule has 0 aromatic heterocycles. The summed E-state index contributed by atoms with van der Waals surface area (Å²) >= 11 is 3.45. The topological polar surface area (TPSA) is 82.8 Å². The molecule has 1 amide bonds. The minimum absolute atomic E-state index is 0.202. The van der Waals surface area contributed by atoms with Gasteiger partial charge in [-0.2, -0.15) is 0 Å². The molecule has 31 heavy (non-hydrogen) atoms. The number of anilines is 1. The van der Waals surface area contributed by atoms with E-state index in [1.54, 1.807) is 0 Å². The van der Waals surface area contributed by atoms with Gasteiger partial charge in [-0.15, -0.1) is 0 Å². The first-order chi connectivity index (χ1) is 14.6. The van der Waals surface area contributed by atoms with Gasteiger partial charge in [0.05, 0.1) is 11.2 Å². The summed E-state index contributed by atoms with van der Waals surface area (Å²) in [4.78, 5) is 12.3. The number of nitrogens with two attached hydrogens (primary N) is 1. The first-order valence-electron chi connectivity index (χ1n) is 10.1. The quantitative estimate of drug-likeness (QED) is 0.444. The van der Waals surface area contributed by atoms with E-state index in [-0.39, 0.29) is 13.2 Å². The van der Waals surface area contributed by atoms with Crippen LogP contribution >= 0.6 is 15.9 Å². The van der Waals surface area contributed by atoms with Gasteiger partial charge in [0.25, 0.3) is 0 Å². The Morgan fingerprint density at radius 3 is 2.39 bits per heavy atom. The number of ether oxygens (including phenoxy) is 1. The highest BCUT2D eigenvalue weighted by Gasteiger charge is 2.52. The number of rotatable bonds is 6. The van der Waals surface area contributed by atoms with Gasteiger partial charge in [-0.05, 0) is 72.4 Å². The molecule has 1 fully saturated rings. The Labute approximate surface area is 192 Å². The van der Waals surface area contributed by atoms with Gasteiger partial charge < -0.3 is 25.1 Å². The summed E-state index contributed by atoms with van der Waals surface area (Å²) in [6.07, 6.45) is 1.42. The number of alkyl carbamates (subject to hydrolysis) is 1. The molecule has 1 heterocycles. The van der Waals surface area contributed by atoms with Crippen LogP contribution in [0.25, 0.3) is 6.08 Å². The van der Waals surface area contributed by atoms with Crippen molar-refractivity contribution in [3.63, 3.8) is 0 Å². The smallest absolute Gasteiger partial charge is 0.445 e. The van der Waals surface area contributed by atoms with Crippen molar-refractivity contribution in [2.45, 2.75) is 45.5 Å². The zero-order valence-corrected chi connectivity index (χ0v) is 19.9. The maximum Gasteiger partial charge on any atom is 0.492 e. The van der Waals surface area contributed by atoms with Crippen molar-refractivity contribution in [3.8, 4) is 0 Å². The van der Waals surface area contributed by atoms with E-state index in [1.165, 1.54) is 0 Å². The summed E-state index contributed by atoms with van der Waals surface area (Å²) in [5.41, 5.74) is 8.16. The van der Waals surface area contributed by atoms with Crippen molar-refractivity contribution < 1.29 is 18.8 Å². The predicted molar refractivity (Wildman–Crippen MR) is 127 cm³/mol. The molecule has 1 aliphatic heterocycles. The molecule has 1 aliphatic rings. The lowest BCUT2D eigenvalue weighted by Crippen LogP contribution is -2.41. The van der Waals surface area contributed by atoms with Gasteiger partial charge in [0.2, 0.25) is 0 Å². The van der Waals surface area contributed by atoms with E-state index in [0.29, 0.717) is 5.69 Å². The highest BCUT2D eigenvalue weighted by atomic mass is 79.9. The summed E-state index contributed by atoms with van der Waals surface area (Å²) in [7, 11) is -0.601. The van der Waals surface area contributed by atoms with Crippen molar-refractivity contribution in [2.24, 2.45) is 0 Å². The summed E-state index contributed by atoms with van der Waals surface area (Å²) in [5, 5.41) is 2.80. The molecule has 1 saturated heterocycles. The van der Waals surface area contributed by atoms with Gasteiger partial charge in [-0.1, -0.05) is 42.5 Å². The number of carbonyl (C=O) groups is 1. The Kier molecular flexibility index (Phi) is 7.14. The first kappa shape index (κ1) is 23.4. The SMILES string of the molecule is CC1(C)OB(C(=Cc2ccc(N)c(Br)c2)CNC(=O)OCc2ccccc2)OC1(C)C. The fourth-order valence-electron chi connectivity index (χ4n) is 2.99. The highest BCUT2D eigenvalue weighted by Crippen LogP contribution is 2.38. The van der Waals surface area contributed by atoms with E-state index in [1.807, 2.05) is 82.3 Å². The van der Waals surface area contributed by atoms with Crippen LogP contribution in [-0.4, -0.2) is 31.0 Å². The van der Waals surface area contributed by atoms with Crippen LogP contribution in [0.2, 0.25) is 0 Å². The molecule has 0 radical (unpaired) electrons. The van der Waals surface area contributed by atoms with Crippen LogP contribution in [0.3, 0.4) is 0 Å². The number of halogens is 1. The molecule has 2 aromatic carbocycles. The van der Waals surface area contributed by atoms with Gasteiger partial charge in [-0.3, -0.25) is 0 Å². The molecular formula is C23H28BBrN2O4. The minimum atomic E-state index is -0.601. The molecule has 0 bridgehead atoms. The predicted octanol–water partition coefficient (Wildman–Crippen LogP) is 4.97. The Morgan fingerprint density at radius 2 is 1.77 bits per heavy atom. The fraction of sp³-hybridized carbons (Fsp3) is 0.348. The molecule has 0 atom stereocenters. The lowest BCUT2D eigenvalue weighted by atomic mass is 9.77. The van der Waals surface area contributed by atoms with Crippen molar-refractivity contribution in [2.75, 3.05) is 12.3 Å². The third-order valence-corrected chi connectivity index (χ3v) is 6.27. The average molecular weight is 487 g/mol. The van der Waals surface area contributed by atoms with Gasteiger partial charge >= 0.3 is 13.2 Å². The van der Waals surface area contributed by atoms with Gasteiger partial charge in [0.1, 0.15) is 6.61 Å². The second kappa shape index (κ2) is 9.46. The van der Waals surface area contributed by atoms with Crippen molar-refractivity contribution in [3.05, 3.63) is 69.6 Å². The van der Waals surface area contributed by atoms with Crippen LogP contribution in [0.4, 0.5) is 10.5 Å². The van der Waals surface area contributed by atoms with E-state index in [4.69, 9.17) is 19.8 Å². The standard InChI is InChI=1S/C23H28BBrN2O4/c1-22(2)23(3,4)31-24(30-22)18(12-17-10-11-20(26)19(25)13-17)14-27-21(28)29-15-16-8-6-5-7-9-16/h5-13H,14-15,26H2,1-4H3,(H,27,28). The Balaban J connectivity index is 1.73. The normalized spacial score (nSPS) is 17.5. The third-order valence-electron chi connectivity index (χ3n) is 5.58. The monoisotopic (exact) mass is 486 g/mol. The average Bonchev–Trinajstić information content (AvgIpc) is 2.94. The van der Waals surface area contributed by atoms with E-state index in [9.17, 15) is 4.79 Å². The number of carbonyl (C=O) groups excluding carboxylic acids is 1. The summed E-state index contributed by atoms with van der Waals surface area (Å²) < 4.78 is 18.5. The second-order valence-electron chi connectivity index (χ2n) is 8.50. The zero-order valence-electron chi connectivity index (χ0n) is 18.3. The van der Waals surface area contributed by atoms with E-state index in [2.05, 4.69) is 21.2 Å². The molecule has 3 rings (SSSR count). The van der Waals surface area contributed by atoms with Crippen LogP contribution < -0.4 is 11.1 Å². The Morgan fingerprint density at radius 1 is 1.13 bits per heavy atom. The molecule has 6 nitrogen and oxygen atoms in total. The van der Waals surface area contributed by atoms with Crippen molar-refractivity contribution in [1.82, 2.24) is 5.32 Å². The maximum absolute atomic E-state index is 12.3. The van der Waals surface area contributed by atoms with Crippen LogP contribution in [0.5, 0.6) is 0 Å². The number of nitrogens with one attached hydrogen (secondary N) is 1. The fourth-order valence-corrected chi connectivity index (χ4v) is 3.39. The number of benzene rings is 2. The van der Waals surface area contributed by atoms with Crippen LogP contribution in [-0.2, 0) is 20.7 Å². The molecule has 0 saturated carbocycles. The molecule has 8 heteroatoms. The molecule has 164 valence electrons.